The van der Waals surface area contributed by atoms with Crippen LogP contribution >= 0.6 is 35.4 Å². The molecule has 2 rings (SSSR count). The molecule has 1 aliphatic rings. The molecule has 7 heteroatoms. The quantitative estimate of drug-likeness (QED) is 0.442. The summed E-state index contributed by atoms with van der Waals surface area (Å²) in [6.45, 7) is 0. The van der Waals surface area contributed by atoms with E-state index in [1.54, 1.807) is 6.07 Å². The third kappa shape index (κ3) is 5.02. The average molecular weight is 346 g/mol. The smallest absolute Gasteiger partial charge is 0.187 e. The molecule has 1 aromatic carbocycles. The van der Waals surface area contributed by atoms with Crippen molar-refractivity contribution in [3.8, 4) is 5.75 Å². The number of phenolic OH excluding ortho intramolecular Hbond substituents is 1. The maximum atomic E-state index is 9.79. The largest absolute Gasteiger partial charge is 0.506 e. The number of rotatable bonds is 3. The Balaban J connectivity index is 1.88. The monoisotopic (exact) mass is 345 g/mol. The van der Waals surface area contributed by atoms with Crippen LogP contribution in [0.5, 0.6) is 5.75 Å². The van der Waals surface area contributed by atoms with Crippen molar-refractivity contribution in [2.24, 2.45) is 5.10 Å². The lowest BCUT2D eigenvalue weighted by atomic mass is 9.96. The molecule has 4 nitrogen and oxygen atoms in total. The standard InChI is InChI=1S/C14H17Cl2N3OS/c15-10-6-9(13(20)12(16)7-10)8-17-19-14(21)18-11-4-2-1-3-5-11/h6-8,11,20H,1-5H2,(H2,18,19,21). The van der Waals surface area contributed by atoms with Gasteiger partial charge in [0.1, 0.15) is 5.75 Å². The average Bonchev–Trinajstić information content (AvgIpc) is 2.45. The summed E-state index contributed by atoms with van der Waals surface area (Å²) in [5.41, 5.74) is 3.17. The number of halogens is 2. The Kier molecular flexibility index (Phi) is 6.08. The third-order valence-corrected chi connectivity index (χ3v) is 4.08. The van der Waals surface area contributed by atoms with Crippen LogP contribution < -0.4 is 10.7 Å². The van der Waals surface area contributed by atoms with Crippen LogP contribution in [-0.2, 0) is 0 Å². The highest BCUT2D eigenvalue weighted by molar-refractivity contribution is 7.80. The van der Waals surface area contributed by atoms with Crippen molar-refractivity contribution in [2.75, 3.05) is 0 Å². The molecule has 0 atom stereocenters. The number of nitrogens with zero attached hydrogens (tertiary/aromatic N) is 1. The molecule has 0 aromatic heterocycles. The number of hydrogen-bond donors (Lipinski definition) is 3. The summed E-state index contributed by atoms with van der Waals surface area (Å²) < 4.78 is 0. The summed E-state index contributed by atoms with van der Waals surface area (Å²) in [7, 11) is 0. The van der Waals surface area contributed by atoms with Gasteiger partial charge in [0.2, 0.25) is 0 Å². The van der Waals surface area contributed by atoms with Gasteiger partial charge in [0.05, 0.1) is 11.2 Å². The van der Waals surface area contributed by atoms with Crippen molar-refractivity contribution in [2.45, 2.75) is 38.1 Å². The maximum Gasteiger partial charge on any atom is 0.187 e. The maximum absolute atomic E-state index is 9.79. The molecule has 1 fully saturated rings. The molecule has 0 saturated heterocycles. The first-order chi connectivity index (χ1) is 10.1. The van der Waals surface area contributed by atoms with Crippen molar-refractivity contribution in [3.63, 3.8) is 0 Å². The first-order valence-electron chi connectivity index (χ1n) is 6.84. The second-order valence-corrected chi connectivity index (χ2v) is 6.26. The number of thiocarbonyl (C=S) groups is 1. The van der Waals surface area contributed by atoms with Gasteiger partial charge in [-0.05, 0) is 37.2 Å². The zero-order chi connectivity index (χ0) is 15.2. The van der Waals surface area contributed by atoms with E-state index in [0.29, 0.717) is 21.7 Å². The van der Waals surface area contributed by atoms with Gasteiger partial charge in [-0.1, -0.05) is 42.5 Å². The molecule has 0 aliphatic heterocycles. The molecule has 21 heavy (non-hydrogen) atoms. The molecule has 0 heterocycles. The van der Waals surface area contributed by atoms with E-state index in [1.165, 1.54) is 31.5 Å². The number of phenols is 1. The van der Waals surface area contributed by atoms with Gasteiger partial charge in [-0.15, -0.1) is 0 Å². The van der Waals surface area contributed by atoms with Gasteiger partial charge < -0.3 is 10.4 Å². The van der Waals surface area contributed by atoms with Gasteiger partial charge >= 0.3 is 0 Å². The van der Waals surface area contributed by atoms with E-state index in [9.17, 15) is 5.11 Å². The third-order valence-electron chi connectivity index (χ3n) is 3.37. The first-order valence-corrected chi connectivity index (χ1v) is 8.00. The molecule has 1 saturated carbocycles. The number of hydrazone groups is 1. The highest BCUT2D eigenvalue weighted by Gasteiger charge is 2.13. The van der Waals surface area contributed by atoms with Crippen LogP contribution in [0.25, 0.3) is 0 Å². The minimum Gasteiger partial charge on any atom is -0.506 e. The van der Waals surface area contributed by atoms with E-state index >= 15 is 0 Å². The van der Waals surface area contributed by atoms with E-state index in [2.05, 4.69) is 15.8 Å². The van der Waals surface area contributed by atoms with Crippen molar-refractivity contribution in [1.29, 1.82) is 0 Å². The molecular formula is C14H17Cl2N3OS. The highest BCUT2D eigenvalue weighted by Crippen LogP contribution is 2.29. The van der Waals surface area contributed by atoms with Gasteiger partial charge in [-0.2, -0.15) is 5.10 Å². The molecule has 0 radical (unpaired) electrons. The van der Waals surface area contributed by atoms with Crippen LogP contribution in [0, 0.1) is 0 Å². The summed E-state index contributed by atoms with van der Waals surface area (Å²) in [4.78, 5) is 0. The van der Waals surface area contributed by atoms with Crippen LogP contribution in [0.15, 0.2) is 17.2 Å². The van der Waals surface area contributed by atoms with E-state index in [4.69, 9.17) is 35.4 Å². The summed E-state index contributed by atoms with van der Waals surface area (Å²) in [6.07, 6.45) is 7.47. The van der Waals surface area contributed by atoms with E-state index in [-0.39, 0.29) is 10.8 Å². The Hall–Kier alpha value is -1.04. The van der Waals surface area contributed by atoms with E-state index < -0.39 is 0 Å². The normalized spacial score (nSPS) is 16.1. The SMILES string of the molecule is Oc1c(Cl)cc(Cl)cc1C=NNC(=S)NC1CCCCC1. The number of nitrogens with one attached hydrogen (secondary N) is 2. The topological polar surface area (TPSA) is 56.7 Å². The van der Waals surface area contributed by atoms with E-state index in [1.807, 2.05) is 0 Å². The van der Waals surface area contributed by atoms with Crippen molar-refractivity contribution in [1.82, 2.24) is 10.7 Å². The van der Waals surface area contributed by atoms with Crippen LogP contribution in [-0.4, -0.2) is 22.5 Å². The summed E-state index contributed by atoms with van der Waals surface area (Å²) in [6, 6.07) is 3.47. The fourth-order valence-electron chi connectivity index (χ4n) is 2.31. The number of benzene rings is 1. The van der Waals surface area contributed by atoms with Gasteiger partial charge in [0.25, 0.3) is 0 Å². The van der Waals surface area contributed by atoms with Gasteiger partial charge in [0, 0.05) is 16.6 Å². The Labute approximate surface area is 139 Å². The molecular weight excluding hydrogens is 329 g/mol. The first kappa shape index (κ1) is 16.3. The lowest BCUT2D eigenvalue weighted by molar-refractivity contribution is 0.412. The summed E-state index contributed by atoms with van der Waals surface area (Å²) in [5.74, 6) is -0.0576. The second kappa shape index (κ2) is 7.82. The van der Waals surface area contributed by atoms with Gasteiger partial charge in [-0.3, -0.25) is 5.43 Å². The summed E-state index contributed by atoms with van der Waals surface area (Å²) >= 11 is 16.9. The fraction of sp³-hybridized carbons (Fsp3) is 0.429. The Morgan fingerprint density at radius 3 is 2.71 bits per heavy atom. The Bertz CT molecular complexity index is 545. The van der Waals surface area contributed by atoms with Crippen molar-refractivity contribution in [3.05, 3.63) is 27.7 Å². The Morgan fingerprint density at radius 2 is 2.00 bits per heavy atom. The van der Waals surface area contributed by atoms with Crippen LogP contribution in [0.3, 0.4) is 0 Å². The molecule has 0 spiro atoms. The highest BCUT2D eigenvalue weighted by atomic mass is 35.5. The molecule has 1 aromatic rings. The van der Waals surface area contributed by atoms with Crippen LogP contribution in [0.2, 0.25) is 10.0 Å². The molecule has 0 amide bonds. The number of aromatic hydroxyl groups is 1. The molecule has 0 bridgehead atoms. The van der Waals surface area contributed by atoms with Crippen LogP contribution in [0.4, 0.5) is 0 Å². The lowest BCUT2D eigenvalue weighted by Crippen LogP contribution is -2.40. The predicted octanol–water partition coefficient (Wildman–Crippen LogP) is 3.83. The lowest BCUT2D eigenvalue weighted by Gasteiger charge is -2.23. The van der Waals surface area contributed by atoms with Crippen molar-refractivity contribution < 1.29 is 5.11 Å². The van der Waals surface area contributed by atoms with Gasteiger partial charge in [0.15, 0.2) is 5.11 Å². The van der Waals surface area contributed by atoms with Crippen LogP contribution in [0.1, 0.15) is 37.7 Å². The molecule has 1 aliphatic carbocycles. The minimum absolute atomic E-state index is 0.0576. The van der Waals surface area contributed by atoms with Gasteiger partial charge in [-0.25, -0.2) is 0 Å². The zero-order valence-corrected chi connectivity index (χ0v) is 13.7. The zero-order valence-electron chi connectivity index (χ0n) is 11.4. The van der Waals surface area contributed by atoms with Crippen molar-refractivity contribution >= 4 is 46.7 Å². The molecule has 3 N–H and O–H groups in total. The molecule has 114 valence electrons. The predicted molar refractivity (Wildman–Crippen MR) is 91.5 cm³/mol. The second-order valence-electron chi connectivity index (χ2n) is 5.00. The minimum atomic E-state index is -0.0576. The summed E-state index contributed by atoms with van der Waals surface area (Å²) in [5, 5.41) is 18.1. The van der Waals surface area contributed by atoms with E-state index in [0.717, 1.165) is 12.8 Å². The fourth-order valence-corrected chi connectivity index (χ4v) is 3.04. The molecule has 0 unspecified atom stereocenters. The number of hydrogen-bond acceptors (Lipinski definition) is 3. The Morgan fingerprint density at radius 1 is 1.29 bits per heavy atom.